The Hall–Kier alpha value is -3.87. The summed E-state index contributed by atoms with van der Waals surface area (Å²) in [5, 5.41) is 2.40. The van der Waals surface area contributed by atoms with E-state index in [1.54, 1.807) is 18.2 Å². The number of hydrogen-bond acceptors (Lipinski definition) is 3. The van der Waals surface area contributed by atoms with E-state index < -0.39 is 17.5 Å². The van der Waals surface area contributed by atoms with Crippen molar-refractivity contribution in [2.45, 2.75) is 19.8 Å². The van der Waals surface area contributed by atoms with Gasteiger partial charge in [0.2, 0.25) is 11.8 Å². The highest BCUT2D eigenvalue weighted by Gasteiger charge is 2.27. The zero-order chi connectivity index (χ0) is 22.7. The van der Waals surface area contributed by atoms with Crippen molar-refractivity contribution in [3.8, 4) is 0 Å². The molecule has 32 heavy (non-hydrogen) atoms. The normalized spacial score (nSPS) is 13.3. The summed E-state index contributed by atoms with van der Waals surface area (Å²) in [6, 6.07) is 17.8. The van der Waals surface area contributed by atoms with E-state index >= 15 is 0 Å². The van der Waals surface area contributed by atoms with Crippen LogP contribution < -0.4 is 10.2 Å². The largest absolute Gasteiger partial charge is 0.322 e. The van der Waals surface area contributed by atoms with Crippen molar-refractivity contribution in [2.24, 2.45) is 4.99 Å². The monoisotopic (exact) mass is 433 g/mol. The molecule has 1 aliphatic rings. The quantitative estimate of drug-likeness (QED) is 0.614. The van der Waals surface area contributed by atoms with Gasteiger partial charge in [0.15, 0.2) is 0 Å². The number of hydrogen-bond donors (Lipinski definition) is 1. The lowest BCUT2D eigenvalue weighted by Gasteiger charge is -2.22. The first kappa shape index (κ1) is 21.4. The first-order valence-electron chi connectivity index (χ1n) is 10.3. The Labute approximate surface area is 184 Å². The zero-order valence-corrected chi connectivity index (χ0v) is 17.4. The molecule has 0 aromatic heterocycles. The summed E-state index contributed by atoms with van der Waals surface area (Å²) in [5.41, 5.74) is 3.53. The van der Waals surface area contributed by atoms with Gasteiger partial charge in [-0.1, -0.05) is 43.3 Å². The molecule has 0 bridgehead atoms. The van der Waals surface area contributed by atoms with Crippen molar-refractivity contribution in [1.29, 1.82) is 0 Å². The molecule has 162 valence electrons. The number of nitrogens with one attached hydrogen (secondary N) is 1. The Balaban J connectivity index is 1.60. The molecule has 1 heterocycles. The molecule has 0 saturated heterocycles. The molecule has 0 saturated carbocycles. The number of amides is 2. The second-order valence-electron chi connectivity index (χ2n) is 7.43. The first-order valence-corrected chi connectivity index (χ1v) is 10.3. The SMILES string of the molecule is CCc1ccc(C2=Nc3ccccc3N(CC(=O)Nc3ccc(F)cc3F)C(=O)C2)cc1. The van der Waals surface area contributed by atoms with E-state index in [1.165, 1.54) is 10.5 Å². The van der Waals surface area contributed by atoms with Gasteiger partial charge >= 0.3 is 0 Å². The van der Waals surface area contributed by atoms with Crippen LogP contribution in [-0.4, -0.2) is 24.1 Å². The Morgan fingerprint density at radius 2 is 1.81 bits per heavy atom. The van der Waals surface area contributed by atoms with Gasteiger partial charge in [0.05, 0.1) is 29.2 Å². The van der Waals surface area contributed by atoms with Crippen molar-refractivity contribution >= 4 is 34.6 Å². The molecule has 7 heteroatoms. The molecule has 1 aliphatic heterocycles. The third-order valence-electron chi connectivity index (χ3n) is 5.25. The number of aliphatic imine (C=N–C) groups is 1. The molecule has 0 spiro atoms. The predicted molar refractivity (Wildman–Crippen MR) is 120 cm³/mol. The topological polar surface area (TPSA) is 61.8 Å². The van der Waals surface area contributed by atoms with Crippen LogP contribution in [0, 0.1) is 11.6 Å². The number of carbonyl (C=O) groups excluding carboxylic acids is 2. The fraction of sp³-hybridized carbons (Fsp3) is 0.160. The van der Waals surface area contributed by atoms with Crippen LogP contribution in [0.4, 0.5) is 25.8 Å². The lowest BCUT2D eigenvalue weighted by Crippen LogP contribution is -2.38. The molecule has 4 rings (SSSR count). The van der Waals surface area contributed by atoms with E-state index in [4.69, 9.17) is 4.99 Å². The maximum Gasteiger partial charge on any atom is 0.244 e. The third kappa shape index (κ3) is 4.56. The fourth-order valence-corrected chi connectivity index (χ4v) is 3.54. The number of benzene rings is 3. The van der Waals surface area contributed by atoms with Crippen molar-refractivity contribution in [3.05, 3.63) is 89.5 Å². The summed E-state index contributed by atoms with van der Waals surface area (Å²) in [5.74, 6) is -2.53. The molecule has 0 atom stereocenters. The Morgan fingerprint density at radius 3 is 2.53 bits per heavy atom. The summed E-state index contributed by atoms with van der Waals surface area (Å²) < 4.78 is 27.0. The summed E-state index contributed by atoms with van der Waals surface area (Å²) in [6.45, 7) is 1.74. The van der Waals surface area contributed by atoms with Crippen molar-refractivity contribution in [3.63, 3.8) is 0 Å². The van der Waals surface area contributed by atoms with E-state index in [-0.39, 0.29) is 24.6 Å². The lowest BCUT2D eigenvalue weighted by atomic mass is 10.0. The molecule has 0 fully saturated rings. The van der Waals surface area contributed by atoms with Crippen LogP contribution in [0.15, 0.2) is 71.7 Å². The number of halogens is 2. The smallest absolute Gasteiger partial charge is 0.244 e. The molecule has 0 aliphatic carbocycles. The summed E-state index contributed by atoms with van der Waals surface area (Å²) in [6.07, 6.45) is 0.921. The minimum absolute atomic E-state index is 0.0122. The van der Waals surface area contributed by atoms with Gasteiger partial charge in [0, 0.05) is 6.07 Å². The van der Waals surface area contributed by atoms with Gasteiger partial charge in [0.1, 0.15) is 18.2 Å². The molecular formula is C25H21F2N3O2. The van der Waals surface area contributed by atoms with Crippen LogP contribution in [0.5, 0.6) is 0 Å². The summed E-state index contributed by atoms with van der Waals surface area (Å²) in [7, 11) is 0. The number of carbonyl (C=O) groups is 2. The Morgan fingerprint density at radius 1 is 1.06 bits per heavy atom. The van der Waals surface area contributed by atoms with E-state index in [0.29, 0.717) is 23.2 Å². The van der Waals surface area contributed by atoms with Crippen LogP contribution in [-0.2, 0) is 16.0 Å². The van der Waals surface area contributed by atoms with Crippen LogP contribution in [0.25, 0.3) is 0 Å². The Kier molecular flexibility index (Phi) is 6.07. The average Bonchev–Trinajstić information content (AvgIpc) is 2.92. The number of nitrogens with zero attached hydrogens (tertiary/aromatic N) is 2. The number of anilines is 2. The standard InChI is InChI=1S/C25H21F2N3O2/c1-2-16-7-9-17(10-8-16)22-14-25(32)30(23-6-4-3-5-21(23)28-22)15-24(31)29-20-12-11-18(26)13-19(20)27/h3-13H,2,14-15H2,1H3,(H,29,31). The molecule has 5 nitrogen and oxygen atoms in total. The van der Waals surface area contributed by atoms with Crippen LogP contribution in [0.2, 0.25) is 0 Å². The van der Waals surface area contributed by atoms with Gasteiger partial charge in [-0.3, -0.25) is 14.6 Å². The number of rotatable bonds is 5. The molecular weight excluding hydrogens is 412 g/mol. The second kappa shape index (κ2) is 9.09. The number of aryl methyl sites for hydroxylation is 1. The molecule has 3 aromatic carbocycles. The highest BCUT2D eigenvalue weighted by molar-refractivity contribution is 6.19. The number of fused-ring (bicyclic) bond motifs is 1. The van der Waals surface area contributed by atoms with Crippen molar-refractivity contribution < 1.29 is 18.4 Å². The van der Waals surface area contributed by atoms with E-state index in [1.807, 2.05) is 30.3 Å². The summed E-state index contributed by atoms with van der Waals surface area (Å²) >= 11 is 0. The lowest BCUT2D eigenvalue weighted by molar-refractivity contribution is -0.120. The summed E-state index contributed by atoms with van der Waals surface area (Å²) in [4.78, 5) is 31.8. The highest BCUT2D eigenvalue weighted by atomic mass is 19.1. The maximum absolute atomic E-state index is 13.9. The second-order valence-corrected chi connectivity index (χ2v) is 7.43. The van der Waals surface area contributed by atoms with E-state index in [2.05, 4.69) is 12.2 Å². The van der Waals surface area contributed by atoms with Gasteiger partial charge in [-0.15, -0.1) is 0 Å². The van der Waals surface area contributed by atoms with Gasteiger partial charge in [-0.25, -0.2) is 8.78 Å². The van der Waals surface area contributed by atoms with Gasteiger partial charge in [-0.2, -0.15) is 0 Å². The van der Waals surface area contributed by atoms with Gasteiger partial charge < -0.3 is 10.2 Å². The molecule has 0 radical (unpaired) electrons. The van der Waals surface area contributed by atoms with E-state index in [9.17, 15) is 18.4 Å². The Bertz CT molecular complexity index is 1210. The van der Waals surface area contributed by atoms with Gasteiger partial charge in [0.25, 0.3) is 0 Å². The minimum atomic E-state index is -0.887. The highest BCUT2D eigenvalue weighted by Crippen LogP contribution is 2.33. The zero-order valence-electron chi connectivity index (χ0n) is 17.4. The van der Waals surface area contributed by atoms with Crippen molar-refractivity contribution in [2.75, 3.05) is 16.8 Å². The molecule has 0 unspecified atom stereocenters. The minimum Gasteiger partial charge on any atom is -0.322 e. The average molecular weight is 433 g/mol. The molecule has 3 aromatic rings. The van der Waals surface area contributed by atoms with Crippen LogP contribution >= 0.6 is 0 Å². The van der Waals surface area contributed by atoms with Crippen LogP contribution in [0.3, 0.4) is 0 Å². The molecule has 1 N–H and O–H groups in total. The fourth-order valence-electron chi connectivity index (χ4n) is 3.54. The van der Waals surface area contributed by atoms with Crippen LogP contribution in [0.1, 0.15) is 24.5 Å². The molecule has 2 amide bonds. The van der Waals surface area contributed by atoms with E-state index in [0.717, 1.165) is 24.1 Å². The van der Waals surface area contributed by atoms with Gasteiger partial charge in [-0.05, 0) is 41.8 Å². The number of para-hydroxylation sites is 2. The third-order valence-corrected chi connectivity index (χ3v) is 5.25. The maximum atomic E-state index is 13.9. The first-order chi connectivity index (χ1) is 15.4. The predicted octanol–water partition coefficient (Wildman–Crippen LogP) is 5.02. The van der Waals surface area contributed by atoms with Crippen molar-refractivity contribution in [1.82, 2.24) is 0 Å².